The third-order valence-electron chi connectivity index (χ3n) is 6.87. The van der Waals surface area contributed by atoms with Crippen molar-refractivity contribution in [3.8, 4) is 5.75 Å². The van der Waals surface area contributed by atoms with E-state index in [1.165, 1.54) is 32.6 Å². The Balaban J connectivity index is 1.35. The largest absolute Gasteiger partial charge is 0.497 e. The van der Waals surface area contributed by atoms with Crippen LogP contribution in [0.4, 0.5) is 11.4 Å². The zero-order chi connectivity index (χ0) is 27.3. The van der Waals surface area contributed by atoms with E-state index in [0.717, 1.165) is 26.7 Å². The first-order valence-electron chi connectivity index (χ1n) is 12.2. The van der Waals surface area contributed by atoms with Crippen LogP contribution < -0.4 is 19.8 Å². The number of aromatic nitrogens is 1. The van der Waals surface area contributed by atoms with Crippen molar-refractivity contribution in [2.75, 3.05) is 17.3 Å². The topological polar surface area (TPSA) is 97.7 Å². The van der Waals surface area contributed by atoms with Crippen molar-refractivity contribution in [3.63, 3.8) is 0 Å². The van der Waals surface area contributed by atoms with Gasteiger partial charge in [-0.15, -0.1) is 11.3 Å². The summed E-state index contributed by atoms with van der Waals surface area (Å²) in [5, 5.41) is 4.60. The molecule has 2 aromatic heterocycles. The predicted molar refractivity (Wildman–Crippen MR) is 153 cm³/mol. The van der Waals surface area contributed by atoms with Gasteiger partial charge < -0.3 is 10.1 Å². The van der Waals surface area contributed by atoms with Crippen molar-refractivity contribution in [2.24, 2.45) is 5.92 Å². The fraction of sp³-hybridized carbons (Fsp3) is 0.214. The standard InChI is InChI=1S/C28H23N3O5S3/c1-15-5-9-17(10-6-15)31-25(33)22-21(19-4-3-13-37-19)24-27(38-23(22)26(31)34)30(28(35)39-24)14-20(32)29-16-7-11-18(36-2)12-8-16/h3-13,21-23H,14H2,1-2H3,(H,29,32)/t21-,22-,23+/m0/s1. The van der Waals surface area contributed by atoms with Crippen LogP contribution in [0.25, 0.3) is 0 Å². The summed E-state index contributed by atoms with van der Waals surface area (Å²) in [5.74, 6) is -1.36. The van der Waals surface area contributed by atoms with Crippen LogP contribution >= 0.6 is 34.4 Å². The highest BCUT2D eigenvalue weighted by Crippen LogP contribution is 2.54. The van der Waals surface area contributed by atoms with Gasteiger partial charge in [0.1, 0.15) is 17.5 Å². The first-order chi connectivity index (χ1) is 18.9. The number of nitrogens with zero attached hydrogens (tertiary/aromatic N) is 2. The Kier molecular flexibility index (Phi) is 6.66. The van der Waals surface area contributed by atoms with Crippen LogP contribution in [0.1, 0.15) is 21.2 Å². The molecule has 11 heteroatoms. The van der Waals surface area contributed by atoms with Crippen molar-refractivity contribution in [2.45, 2.75) is 29.7 Å². The maximum Gasteiger partial charge on any atom is 0.308 e. The molecular weight excluding hydrogens is 555 g/mol. The van der Waals surface area contributed by atoms with Gasteiger partial charge in [0.2, 0.25) is 17.7 Å². The molecule has 1 saturated heterocycles. The maximum atomic E-state index is 13.8. The number of benzene rings is 2. The summed E-state index contributed by atoms with van der Waals surface area (Å²) in [6.07, 6.45) is 0. The lowest BCUT2D eigenvalue weighted by molar-refractivity contribution is -0.122. The number of thioether (sulfide) groups is 1. The molecule has 0 unspecified atom stereocenters. The van der Waals surface area contributed by atoms with E-state index in [0.29, 0.717) is 22.2 Å². The van der Waals surface area contributed by atoms with Gasteiger partial charge >= 0.3 is 4.87 Å². The molecule has 6 rings (SSSR count). The van der Waals surface area contributed by atoms with Crippen LogP contribution in [0.15, 0.2) is 75.9 Å². The van der Waals surface area contributed by atoms with Gasteiger partial charge in [-0.2, -0.15) is 0 Å². The normalized spacial score (nSPS) is 20.1. The zero-order valence-electron chi connectivity index (χ0n) is 21.0. The molecule has 8 nitrogen and oxygen atoms in total. The van der Waals surface area contributed by atoms with E-state index in [9.17, 15) is 19.2 Å². The SMILES string of the molecule is COc1ccc(NC(=O)Cn2c3c(sc2=O)[C@@H](c2cccs2)[C@@H]2C(=O)N(c4ccc(C)cc4)C(=O)[C@@H]2S3)cc1. The molecule has 1 fully saturated rings. The number of hydrogen-bond acceptors (Lipinski definition) is 8. The number of carbonyl (C=O) groups excluding carboxylic acids is 3. The molecule has 2 aliphatic heterocycles. The van der Waals surface area contributed by atoms with Gasteiger partial charge in [-0.25, -0.2) is 4.90 Å². The summed E-state index contributed by atoms with van der Waals surface area (Å²) < 4.78 is 6.58. The number of aryl methyl sites for hydroxylation is 1. The van der Waals surface area contributed by atoms with Crippen molar-refractivity contribution in [3.05, 3.63) is 91.0 Å². The van der Waals surface area contributed by atoms with E-state index < -0.39 is 17.1 Å². The monoisotopic (exact) mass is 577 g/mol. The molecule has 4 heterocycles. The summed E-state index contributed by atoms with van der Waals surface area (Å²) >= 11 is 3.75. The Bertz CT molecular complexity index is 1620. The van der Waals surface area contributed by atoms with E-state index >= 15 is 0 Å². The molecule has 2 aliphatic rings. The third-order valence-corrected chi connectivity index (χ3v) is 10.4. The second kappa shape index (κ2) is 10.1. The summed E-state index contributed by atoms with van der Waals surface area (Å²) in [7, 11) is 1.56. The van der Waals surface area contributed by atoms with Gasteiger partial charge in [0.25, 0.3) is 0 Å². The van der Waals surface area contributed by atoms with Crippen LogP contribution in [0.3, 0.4) is 0 Å². The molecule has 2 aromatic carbocycles. The van der Waals surface area contributed by atoms with Crippen LogP contribution in [-0.4, -0.2) is 34.6 Å². The van der Waals surface area contributed by atoms with E-state index in [-0.39, 0.29) is 29.1 Å². The number of imide groups is 1. The third kappa shape index (κ3) is 4.50. The molecule has 4 aromatic rings. The quantitative estimate of drug-likeness (QED) is 0.333. The number of carbonyl (C=O) groups is 3. The van der Waals surface area contributed by atoms with Gasteiger partial charge in [0.15, 0.2) is 0 Å². The van der Waals surface area contributed by atoms with E-state index in [1.54, 1.807) is 43.5 Å². The second-order valence-electron chi connectivity index (χ2n) is 9.30. The summed E-state index contributed by atoms with van der Waals surface area (Å²) in [6, 6.07) is 18.0. The highest BCUT2D eigenvalue weighted by Gasteiger charge is 2.57. The number of thiophene rings is 1. The maximum absolute atomic E-state index is 13.8. The molecule has 1 N–H and O–H groups in total. The average Bonchev–Trinajstić information content (AvgIpc) is 3.63. The minimum atomic E-state index is -0.705. The first kappa shape index (κ1) is 25.6. The molecular formula is C28H23N3O5S3. The second-order valence-corrected chi connectivity index (χ2v) is 12.4. The number of thiazole rings is 1. The van der Waals surface area contributed by atoms with Crippen molar-refractivity contribution in [1.29, 1.82) is 0 Å². The summed E-state index contributed by atoms with van der Waals surface area (Å²) in [6.45, 7) is 1.74. The zero-order valence-corrected chi connectivity index (χ0v) is 23.4. The van der Waals surface area contributed by atoms with E-state index in [4.69, 9.17) is 4.74 Å². The number of rotatable bonds is 6. The summed E-state index contributed by atoms with van der Waals surface area (Å²) in [4.78, 5) is 56.3. The molecule has 3 amide bonds. The molecule has 0 radical (unpaired) electrons. The van der Waals surface area contributed by atoms with Gasteiger partial charge in [-0.05, 0) is 54.8 Å². The predicted octanol–water partition coefficient (Wildman–Crippen LogP) is 4.72. The smallest absolute Gasteiger partial charge is 0.308 e. The minimum Gasteiger partial charge on any atom is -0.497 e. The van der Waals surface area contributed by atoms with Crippen molar-refractivity contribution >= 4 is 63.5 Å². The van der Waals surface area contributed by atoms with Crippen LogP contribution in [0, 0.1) is 12.8 Å². The highest BCUT2D eigenvalue weighted by molar-refractivity contribution is 8.00. The number of hydrogen-bond donors (Lipinski definition) is 1. The lowest BCUT2D eigenvalue weighted by Crippen LogP contribution is -2.32. The molecule has 198 valence electrons. The number of ether oxygens (including phenoxy) is 1. The Labute approximate surface area is 236 Å². The van der Waals surface area contributed by atoms with Crippen LogP contribution in [0.2, 0.25) is 0 Å². The molecule has 0 aliphatic carbocycles. The van der Waals surface area contributed by atoms with Gasteiger partial charge in [-0.1, -0.05) is 46.9 Å². The van der Waals surface area contributed by atoms with Crippen LogP contribution in [-0.2, 0) is 20.9 Å². The number of nitrogens with one attached hydrogen (secondary N) is 1. The minimum absolute atomic E-state index is 0.206. The van der Waals surface area contributed by atoms with Crippen molar-refractivity contribution in [1.82, 2.24) is 4.57 Å². The number of methoxy groups -OCH3 is 1. The molecule has 0 bridgehead atoms. The molecule has 0 spiro atoms. The van der Waals surface area contributed by atoms with Gasteiger partial charge in [-0.3, -0.25) is 23.7 Å². The fourth-order valence-corrected chi connectivity index (χ4v) is 8.72. The highest BCUT2D eigenvalue weighted by atomic mass is 32.2. The van der Waals surface area contributed by atoms with E-state index in [2.05, 4.69) is 5.32 Å². The summed E-state index contributed by atoms with van der Waals surface area (Å²) in [5.41, 5.74) is 2.14. The fourth-order valence-electron chi connectivity index (χ4n) is 5.00. The Morgan fingerprint density at radius 3 is 2.41 bits per heavy atom. The lowest BCUT2D eigenvalue weighted by atomic mass is 9.87. The van der Waals surface area contributed by atoms with Crippen LogP contribution in [0.5, 0.6) is 5.75 Å². The van der Waals surface area contributed by atoms with Gasteiger partial charge in [0.05, 0.1) is 23.7 Å². The molecule has 3 atom stereocenters. The number of amides is 3. The lowest BCUT2D eigenvalue weighted by Gasteiger charge is -2.29. The van der Waals surface area contributed by atoms with Crippen molar-refractivity contribution < 1.29 is 19.1 Å². The molecule has 39 heavy (non-hydrogen) atoms. The average molecular weight is 578 g/mol. The van der Waals surface area contributed by atoms with Gasteiger partial charge in [0, 0.05) is 21.4 Å². The number of fused-ring (bicyclic) bond motifs is 2. The Hall–Kier alpha value is -3.67. The molecule has 0 saturated carbocycles. The first-order valence-corrected chi connectivity index (χ1v) is 14.7. The Morgan fingerprint density at radius 2 is 1.74 bits per heavy atom. The van der Waals surface area contributed by atoms with E-state index in [1.807, 2.05) is 36.6 Å². The number of anilines is 2. The Morgan fingerprint density at radius 1 is 1.00 bits per heavy atom.